The van der Waals surface area contributed by atoms with Crippen LogP contribution in [0.5, 0.6) is 5.75 Å². The molecule has 36 heavy (non-hydrogen) atoms. The average Bonchev–Trinajstić information content (AvgIpc) is 3.54. The number of rotatable bonds is 8. The van der Waals surface area contributed by atoms with Gasteiger partial charge in [-0.2, -0.15) is 0 Å². The zero-order chi connectivity index (χ0) is 25.1. The second-order valence-electron chi connectivity index (χ2n) is 9.18. The molecule has 3 aromatic rings. The first-order chi connectivity index (χ1) is 17.4. The smallest absolute Gasteiger partial charge is 0.215 e. The fourth-order valence-corrected chi connectivity index (χ4v) is 5.22. The van der Waals surface area contributed by atoms with Crippen molar-refractivity contribution in [1.82, 2.24) is 14.5 Å². The molecule has 2 aliphatic heterocycles. The van der Waals surface area contributed by atoms with E-state index in [2.05, 4.69) is 40.4 Å². The van der Waals surface area contributed by atoms with Crippen LogP contribution in [0, 0.1) is 0 Å². The molecule has 2 aromatic carbocycles. The Morgan fingerprint density at radius 1 is 1.14 bits per heavy atom. The number of ether oxygens (including phenoxy) is 3. The first-order valence-electron chi connectivity index (χ1n) is 12.0. The zero-order valence-corrected chi connectivity index (χ0v) is 21.8. The molecule has 2 saturated heterocycles. The molecule has 1 aromatic heterocycles. The number of piperazine rings is 1. The summed E-state index contributed by atoms with van der Waals surface area (Å²) < 4.78 is 20.7. The van der Waals surface area contributed by atoms with E-state index >= 15 is 0 Å². The molecular weight excluding hydrogens is 499 g/mol. The van der Waals surface area contributed by atoms with Crippen LogP contribution in [0.4, 0.5) is 5.69 Å². The second kappa shape index (κ2) is 10.7. The SMILES string of the molecule is C=C(C)N1CCN(c2ccc(OC[C@H]3CO[C@](Cn4ccnc4)(c4ccc(Cl)cc4Cl)O3)cc2)CC1. The van der Waals surface area contributed by atoms with E-state index in [4.69, 9.17) is 37.4 Å². The van der Waals surface area contributed by atoms with Crippen LogP contribution in [0.1, 0.15) is 12.5 Å². The van der Waals surface area contributed by atoms with E-state index < -0.39 is 5.79 Å². The molecule has 0 amide bonds. The fourth-order valence-electron chi connectivity index (χ4n) is 4.66. The number of hydrogen-bond acceptors (Lipinski definition) is 6. The predicted molar refractivity (Wildman–Crippen MR) is 142 cm³/mol. The molecule has 0 N–H and O–H groups in total. The van der Waals surface area contributed by atoms with Crippen molar-refractivity contribution in [3.05, 3.63) is 89.1 Å². The van der Waals surface area contributed by atoms with Crippen LogP contribution in [-0.4, -0.2) is 59.9 Å². The molecule has 190 valence electrons. The first-order valence-corrected chi connectivity index (χ1v) is 12.8. The maximum absolute atomic E-state index is 6.55. The van der Waals surface area contributed by atoms with Crippen molar-refractivity contribution in [2.75, 3.05) is 44.3 Å². The van der Waals surface area contributed by atoms with Gasteiger partial charge >= 0.3 is 0 Å². The van der Waals surface area contributed by atoms with Gasteiger partial charge in [0, 0.05) is 60.5 Å². The maximum Gasteiger partial charge on any atom is 0.215 e. The lowest BCUT2D eigenvalue weighted by Gasteiger charge is -2.37. The van der Waals surface area contributed by atoms with Gasteiger partial charge in [-0.05, 0) is 43.3 Å². The Bertz CT molecular complexity index is 1180. The van der Waals surface area contributed by atoms with E-state index in [0.717, 1.165) is 43.2 Å². The molecule has 0 aliphatic carbocycles. The van der Waals surface area contributed by atoms with Gasteiger partial charge in [0.05, 0.1) is 24.5 Å². The summed E-state index contributed by atoms with van der Waals surface area (Å²) in [5, 5.41) is 1.05. The van der Waals surface area contributed by atoms with Crippen molar-refractivity contribution in [3.8, 4) is 5.75 Å². The third-order valence-corrected chi connectivity index (χ3v) is 7.16. The topological polar surface area (TPSA) is 52.0 Å². The Kier molecular flexibility index (Phi) is 7.44. The average molecular weight is 529 g/mol. The minimum atomic E-state index is -1.06. The summed E-state index contributed by atoms with van der Waals surface area (Å²) in [7, 11) is 0. The van der Waals surface area contributed by atoms with Gasteiger partial charge in [-0.15, -0.1) is 0 Å². The highest BCUT2D eigenvalue weighted by Gasteiger charge is 2.45. The molecule has 3 heterocycles. The molecule has 0 spiro atoms. The van der Waals surface area contributed by atoms with Crippen molar-refractivity contribution >= 4 is 28.9 Å². The lowest BCUT2D eigenvalue weighted by Crippen LogP contribution is -2.45. The number of anilines is 1. The first kappa shape index (κ1) is 25.0. The minimum Gasteiger partial charge on any atom is -0.491 e. The van der Waals surface area contributed by atoms with E-state index in [0.29, 0.717) is 29.8 Å². The van der Waals surface area contributed by atoms with E-state index in [9.17, 15) is 0 Å². The number of imidazole rings is 1. The Morgan fingerprint density at radius 2 is 1.92 bits per heavy atom. The minimum absolute atomic E-state index is 0.268. The number of halogens is 2. The highest BCUT2D eigenvalue weighted by Crippen LogP contribution is 2.40. The molecule has 5 rings (SSSR count). The van der Waals surface area contributed by atoms with Crippen LogP contribution in [0.2, 0.25) is 10.0 Å². The summed E-state index contributed by atoms with van der Waals surface area (Å²) in [4.78, 5) is 8.84. The van der Waals surface area contributed by atoms with Gasteiger partial charge in [0.25, 0.3) is 0 Å². The van der Waals surface area contributed by atoms with Gasteiger partial charge in [0.1, 0.15) is 18.5 Å². The Labute approximate surface area is 221 Å². The molecule has 9 heteroatoms. The van der Waals surface area contributed by atoms with Crippen LogP contribution in [0.25, 0.3) is 0 Å². The second-order valence-corrected chi connectivity index (χ2v) is 10.0. The maximum atomic E-state index is 6.55. The van der Waals surface area contributed by atoms with Crippen molar-refractivity contribution in [3.63, 3.8) is 0 Å². The van der Waals surface area contributed by atoms with Crippen LogP contribution in [0.3, 0.4) is 0 Å². The quantitative estimate of drug-likeness (QED) is 0.400. The summed E-state index contributed by atoms with van der Waals surface area (Å²) in [5.41, 5.74) is 3.05. The highest BCUT2D eigenvalue weighted by molar-refractivity contribution is 6.35. The van der Waals surface area contributed by atoms with Crippen LogP contribution in [0.15, 0.2) is 73.5 Å². The summed E-state index contributed by atoms with van der Waals surface area (Å²) >= 11 is 12.7. The largest absolute Gasteiger partial charge is 0.491 e. The molecule has 0 saturated carbocycles. The molecule has 2 fully saturated rings. The van der Waals surface area contributed by atoms with Gasteiger partial charge in [-0.25, -0.2) is 4.98 Å². The number of benzene rings is 2. The van der Waals surface area contributed by atoms with Crippen molar-refractivity contribution in [2.45, 2.75) is 25.4 Å². The van der Waals surface area contributed by atoms with Crippen LogP contribution >= 0.6 is 23.2 Å². The standard InChI is InChI=1S/C27H30Cl2N4O3/c1-20(2)32-11-13-33(14-12-32)22-4-6-23(7-5-22)34-16-24-17-35-27(36-24,18-31-10-9-30-19-31)25-8-3-21(28)15-26(25)29/h3-10,15,19,24H,1,11-14,16-18H2,2H3/t24-,27-/m0/s1. The molecule has 0 bridgehead atoms. The third kappa shape index (κ3) is 5.49. The van der Waals surface area contributed by atoms with Crippen molar-refractivity contribution < 1.29 is 14.2 Å². The highest BCUT2D eigenvalue weighted by atomic mass is 35.5. The van der Waals surface area contributed by atoms with Crippen LogP contribution < -0.4 is 9.64 Å². The van der Waals surface area contributed by atoms with Gasteiger partial charge in [-0.1, -0.05) is 35.8 Å². The van der Waals surface area contributed by atoms with Gasteiger partial charge in [-0.3, -0.25) is 0 Å². The zero-order valence-electron chi connectivity index (χ0n) is 20.3. The van der Waals surface area contributed by atoms with Gasteiger partial charge < -0.3 is 28.6 Å². The van der Waals surface area contributed by atoms with E-state index in [1.54, 1.807) is 24.7 Å². The normalized spacial score (nSPS) is 22.1. The number of aromatic nitrogens is 2. The fraction of sp³-hybridized carbons (Fsp3) is 0.370. The monoisotopic (exact) mass is 528 g/mol. The molecule has 0 radical (unpaired) electrons. The van der Waals surface area contributed by atoms with Crippen LogP contribution in [-0.2, 0) is 21.8 Å². The van der Waals surface area contributed by atoms with E-state index in [-0.39, 0.29) is 6.10 Å². The third-order valence-electron chi connectivity index (χ3n) is 6.61. The lowest BCUT2D eigenvalue weighted by atomic mass is 10.1. The number of nitrogens with zero attached hydrogens (tertiary/aromatic N) is 4. The van der Waals surface area contributed by atoms with Gasteiger partial charge in [0.2, 0.25) is 5.79 Å². The van der Waals surface area contributed by atoms with E-state index in [1.807, 2.05) is 29.0 Å². The molecular formula is C27H30Cl2N4O3. The summed E-state index contributed by atoms with van der Waals surface area (Å²) in [6.07, 6.45) is 5.04. The van der Waals surface area contributed by atoms with Crippen molar-refractivity contribution in [1.29, 1.82) is 0 Å². The molecule has 2 atom stereocenters. The summed E-state index contributed by atoms with van der Waals surface area (Å²) in [6, 6.07) is 13.6. The van der Waals surface area contributed by atoms with E-state index in [1.165, 1.54) is 5.69 Å². The molecule has 0 unspecified atom stereocenters. The Hall–Kier alpha value is -2.71. The molecule has 7 nitrogen and oxygen atoms in total. The number of hydrogen-bond donors (Lipinski definition) is 0. The lowest BCUT2D eigenvalue weighted by molar-refractivity contribution is -0.189. The Morgan fingerprint density at radius 3 is 2.58 bits per heavy atom. The van der Waals surface area contributed by atoms with Gasteiger partial charge in [0.15, 0.2) is 0 Å². The molecule has 2 aliphatic rings. The van der Waals surface area contributed by atoms with Crippen molar-refractivity contribution in [2.24, 2.45) is 0 Å². The number of allylic oxidation sites excluding steroid dienone is 1. The predicted octanol–water partition coefficient (Wildman–Crippen LogP) is 5.19. The Balaban J connectivity index is 1.22. The summed E-state index contributed by atoms with van der Waals surface area (Å²) in [5.74, 6) is -0.272. The summed E-state index contributed by atoms with van der Waals surface area (Å²) in [6.45, 7) is 11.2.